The molecule has 0 unspecified atom stereocenters. The van der Waals surface area contributed by atoms with Crippen LogP contribution in [-0.4, -0.2) is 20.9 Å². The van der Waals surface area contributed by atoms with Gasteiger partial charge in [-0.05, 0) is 48.2 Å². The summed E-state index contributed by atoms with van der Waals surface area (Å²) < 4.78 is 28.5. The molecule has 0 aliphatic heterocycles. The molecule has 2 rings (SSSR count). The van der Waals surface area contributed by atoms with Gasteiger partial charge in [0.15, 0.2) is 6.61 Å². The predicted molar refractivity (Wildman–Crippen MR) is 97.2 cm³/mol. The van der Waals surface area contributed by atoms with Crippen LogP contribution in [0.1, 0.15) is 30.9 Å². The van der Waals surface area contributed by atoms with Crippen molar-refractivity contribution in [1.29, 1.82) is 0 Å². The zero-order valence-corrected chi connectivity index (χ0v) is 15.3. The highest BCUT2D eigenvalue weighted by Crippen LogP contribution is 2.20. The number of rotatable bonds is 6. The van der Waals surface area contributed by atoms with Gasteiger partial charge >= 0.3 is 0 Å². The number of amides is 1. The largest absolute Gasteiger partial charge is 0.484 e. The lowest BCUT2D eigenvalue weighted by Gasteiger charge is -2.11. The molecule has 0 aliphatic rings. The van der Waals surface area contributed by atoms with E-state index in [1.54, 1.807) is 19.1 Å². The van der Waals surface area contributed by atoms with Crippen molar-refractivity contribution in [3.8, 4) is 5.75 Å². The molecule has 134 valence electrons. The molecule has 7 heteroatoms. The Labute approximate surface area is 148 Å². The van der Waals surface area contributed by atoms with Crippen molar-refractivity contribution in [2.45, 2.75) is 31.6 Å². The molecular formula is C18H22N2O4S. The van der Waals surface area contributed by atoms with Gasteiger partial charge in [0, 0.05) is 5.69 Å². The fourth-order valence-electron chi connectivity index (χ4n) is 2.28. The Bertz CT molecular complexity index is 859. The number of ether oxygens (including phenoxy) is 1. The van der Waals surface area contributed by atoms with Crippen LogP contribution in [0.5, 0.6) is 5.75 Å². The SMILES string of the molecule is Cc1ccc(NC(=O)COc2ccc(C(C)C)cc2)cc1S(N)(=O)=O. The first-order chi connectivity index (χ1) is 11.7. The van der Waals surface area contributed by atoms with E-state index in [1.165, 1.54) is 11.6 Å². The van der Waals surface area contributed by atoms with E-state index in [0.717, 1.165) is 0 Å². The predicted octanol–water partition coefficient (Wildman–Crippen LogP) is 2.78. The van der Waals surface area contributed by atoms with Gasteiger partial charge in [0.1, 0.15) is 5.75 Å². The van der Waals surface area contributed by atoms with Gasteiger partial charge in [0.05, 0.1) is 4.90 Å². The molecular weight excluding hydrogens is 340 g/mol. The summed E-state index contributed by atoms with van der Waals surface area (Å²) in [7, 11) is -3.84. The first-order valence-corrected chi connectivity index (χ1v) is 9.37. The van der Waals surface area contributed by atoms with Crippen molar-refractivity contribution in [1.82, 2.24) is 0 Å². The quantitative estimate of drug-likeness (QED) is 0.825. The van der Waals surface area contributed by atoms with Crippen molar-refractivity contribution in [3.05, 3.63) is 53.6 Å². The van der Waals surface area contributed by atoms with Gasteiger partial charge in [0.2, 0.25) is 10.0 Å². The molecule has 3 N–H and O–H groups in total. The molecule has 0 spiro atoms. The molecule has 0 atom stereocenters. The molecule has 0 radical (unpaired) electrons. The first kappa shape index (κ1) is 19.0. The zero-order chi connectivity index (χ0) is 18.6. The Kier molecular flexibility index (Phi) is 5.81. The maximum atomic E-state index is 12.0. The van der Waals surface area contributed by atoms with Gasteiger partial charge in [-0.2, -0.15) is 0 Å². The normalized spacial score (nSPS) is 11.4. The van der Waals surface area contributed by atoms with Crippen LogP contribution in [0.3, 0.4) is 0 Å². The maximum absolute atomic E-state index is 12.0. The number of carbonyl (C=O) groups excluding carboxylic acids is 1. The second kappa shape index (κ2) is 7.67. The molecule has 0 saturated heterocycles. The van der Waals surface area contributed by atoms with Gasteiger partial charge in [-0.1, -0.05) is 32.0 Å². The van der Waals surface area contributed by atoms with Crippen LogP contribution in [0, 0.1) is 6.92 Å². The summed E-state index contributed by atoms with van der Waals surface area (Å²) in [6.07, 6.45) is 0. The Morgan fingerprint density at radius 3 is 2.36 bits per heavy atom. The number of anilines is 1. The number of aryl methyl sites for hydroxylation is 1. The van der Waals surface area contributed by atoms with Gasteiger partial charge in [-0.15, -0.1) is 0 Å². The van der Waals surface area contributed by atoms with Crippen LogP contribution in [0.4, 0.5) is 5.69 Å². The van der Waals surface area contributed by atoms with Crippen LogP contribution in [0.25, 0.3) is 0 Å². The first-order valence-electron chi connectivity index (χ1n) is 7.83. The van der Waals surface area contributed by atoms with Crippen LogP contribution in [0.2, 0.25) is 0 Å². The second-order valence-corrected chi connectivity index (χ2v) is 7.62. The summed E-state index contributed by atoms with van der Waals surface area (Å²) in [5, 5.41) is 7.76. The Hall–Kier alpha value is -2.38. The second-order valence-electron chi connectivity index (χ2n) is 6.09. The van der Waals surface area contributed by atoms with Crippen LogP contribution in [0.15, 0.2) is 47.4 Å². The Morgan fingerprint density at radius 1 is 1.16 bits per heavy atom. The molecule has 0 fully saturated rings. The lowest BCUT2D eigenvalue weighted by atomic mass is 10.0. The van der Waals surface area contributed by atoms with Crippen molar-refractivity contribution in [2.75, 3.05) is 11.9 Å². The van der Waals surface area contributed by atoms with Crippen LogP contribution < -0.4 is 15.2 Å². The highest BCUT2D eigenvalue weighted by molar-refractivity contribution is 7.89. The van der Waals surface area contributed by atoms with Crippen molar-refractivity contribution >= 4 is 21.6 Å². The minimum Gasteiger partial charge on any atom is -0.484 e. The standard InChI is InChI=1S/C18H22N2O4S/c1-12(2)14-5-8-16(9-6-14)24-11-18(21)20-15-7-4-13(3)17(10-15)25(19,22)23/h4-10,12H,11H2,1-3H3,(H,20,21)(H2,19,22,23). The highest BCUT2D eigenvalue weighted by Gasteiger charge is 2.13. The van der Waals surface area contributed by atoms with E-state index < -0.39 is 15.9 Å². The number of hydrogen-bond donors (Lipinski definition) is 2. The molecule has 1 amide bonds. The van der Waals surface area contributed by atoms with Crippen molar-refractivity contribution in [2.24, 2.45) is 5.14 Å². The van der Waals surface area contributed by atoms with Crippen LogP contribution in [-0.2, 0) is 14.8 Å². The Balaban J connectivity index is 1.99. The fourth-order valence-corrected chi connectivity index (χ4v) is 3.09. The third-order valence-corrected chi connectivity index (χ3v) is 4.75. The van der Waals surface area contributed by atoms with E-state index in [1.807, 2.05) is 24.3 Å². The van der Waals surface area contributed by atoms with E-state index >= 15 is 0 Å². The molecule has 0 aromatic heterocycles. The number of nitrogens with two attached hydrogens (primary N) is 1. The topological polar surface area (TPSA) is 98.5 Å². The minimum atomic E-state index is -3.84. The third-order valence-electron chi connectivity index (χ3n) is 3.70. The molecule has 0 saturated carbocycles. The lowest BCUT2D eigenvalue weighted by Crippen LogP contribution is -2.21. The number of primary sulfonamides is 1. The van der Waals surface area contributed by atoms with Gasteiger partial charge < -0.3 is 10.1 Å². The number of nitrogens with one attached hydrogen (secondary N) is 1. The monoisotopic (exact) mass is 362 g/mol. The van der Waals surface area contributed by atoms with Gasteiger partial charge in [-0.3, -0.25) is 4.79 Å². The smallest absolute Gasteiger partial charge is 0.262 e. The van der Waals surface area contributed by atoms with Crippen LogP contribution >= 0.6 is 0 Å². The summed E-state index contributed by atoms with van der Waals surface area (Å²) in [4.78, 5) is 12.0. The van der Waals surface area contributed by atoms with Gasteiger partial charge in [0.25, 0.3) is 5.91 Å². The number of benzene rings is 2. The Morgan fingerprint density at radius 2 is 1.80 bits per heavy atom. The van der Waals surface area contributed by atoms with E-state index in [9.17, 15) is 13.2 Å². The summed E-state index contributed by atoms with van der Waals surface area (Å²) in [6.45, 7) is 5.65. The lowest BCUT2D eigenvalue weighted by molar-refractivity contribution is -0.118. The molecule has 6 nitrogen and oxygen atoms in total. The van der Waals surface area contributed by atoms with E-state index in [0.29, 0.717) is 22.9 Å². The molecule has 25 heavy (non-hydrogen) atoms. The minimum absolute atomic E-state index is 0.0181. The zero-order valence-electron chi connectivity index (χ0n) is 14.4. The number of hydrogen-bond acceptors (Lipinski definition) is 4. The van der Waals surface area contributed by atoms with Gasteiger partial charge in [-0.25, -0.2) is 13.6 Å². The van der Waals surface area contributed by atoms with Crippen molar-refractivity contribution in [3.63, 3.8) is 0 Å². The average Bonchev–Trinajstić information content (AvgIpc) is 2.54. The summed E-state index contributed by atoms with van der Waals surface area (Å²) in [5.41, 5.74) is 2.05. The molecule has 0 heterocycles. The fraction of sp³-hybridized carbons (Fsp3) is 0.278. The van der Waals surface area contributed by atoms with Crippen molar-refractivity contribution < 1.29 is 17.9 Å². The highest BCUT2D eigenvalue weighted by atomic mass is 32.2. The summed E-state index contributed by atoms with van der Waals surface area (Å²) in [6, 6.07) is 12.1. The third kappa shape index (κ3) is 5.30. The summed E-state index contributed by atoms with van der Waals surface area (Å²) in [5.74, 6) is 0.623. The summed E-state index contributed by atoms with van der Waals surface area (Å²) >= 11 is 0. The number of sulfonamides is 1. The molecule has 2 aromatic carbocycles. The van der Waals surface area contributed by atoms with E-state index in [2.05, 4.69) is 19.2 Å². The average molecular weight is 362 g/mol. The number of carbonyl (C=O) groups is 1. The molecule has 0 aliphatic carbocycles. The molecule has 2 aromatic rings. The van der Waals surface area contributed by atoms with E-state index in [4.69, 9.17) is 9.88 Å². The van der Waals surface area contributed by atoms with E-state index in [-0.39, 0.29) is 11.5 Å². The molecule has 0 bridgehead atoms. The maximum Gasteiger partial charge on any atom is 0.262 e.